The Bertz CT molecular complexity index is 321. The second kappa shape index (κ2) is 4.03. The summed E-state index contributed by atoms with van der Waals surface area (Å²) in [4.78, 5) is 15.0. The third kappa shape index (κ3) is 2.28. The number of Topliss-reactive ketones (excluding diaryl/α,β-unsaturated/α-hetero) is 1. The van der Waals surface area contributed by atoms with Crippen LogP contribution in [0.5, 0.6) is 5.75 Å². The van der Waals surface area contributed by atoms with Gasteiger partial charge in [-0.1, -0.05) is 0 Å². The molecule has 0 spiro atoms. The van der Waals surface area contributed by atoms with Gasteiger partial charge in [0.05, 0.1) is 12.8 Å². The first kappa shape index (κ1) is 9.71. The number of ketones is 1. The predicted octanol–water partition coefficient (Wildman–Crippen LogP) is 1.53. The molecule has 3 heteroatoms. The Morgan fingerprint density at radius 3 is 2.85 bits per heavy atom. The van der Waals surface area contributed by atoms with E-state index < -0.39 is 0 Å². The van der Waals surface area contributed by atoms with Crippen LogP contribution in [0.2, 0.25) is 0 Å². The van der Waals surface area contributed by atoms with Gasteiger partial charge in [-0.2, -0.15) is 0 Å². The van der Waals surface area contributed by atoms with E-state index in [2.05, 4.69) is 4.98 Å². The van der Waals surface area contributed by atoms with Crippen LogP contribution >= 0.6 is 0 Å². The van der Waals surface area contributed by atoms with Crippen LogP contribution in [0.3, 0.4) is 0 Å². The number of methoxy groups -OCH3 is 1. The van der Waals surface area contributed by atoms with Gasteiger partial charge in [-0.3, -0.25) is 9.78 Å². The summed E-state index contributed by atoms with van der Waals surface area (Å²) < 4.78 is 5.12. The van der Waals surface area contributed by atoms with E-state index in [9.17, 15) is 4.79 Å². The molecule has 0 aromatic carbocycles. The molecule has 0 radical (unpaired) electrons. The molecule has 0 fully saturated rings. The van der Waals surface area contributed by atoms with Gasteiger partial charge in [-0.15, -0.1) is 0 Å². The molecule has 3 nitrogen and oxygen atoms in total. The lowest BCUT2D eigenvalue weighted by Crippen LogP contribution is -2.02. The molecule has 0 aliphatic carbocycles. The lowest BCUT2D eigenvalue weighted by atomic mass is 10.1. The van der Waals surface area contributed by atoms with Gasteiger partial charge in [0.25, 0.3) is 0 Å². The maximum absolute atomic E-state index is 10.9. The van der Waals surface area contributed by atoms with Crippen molar-refractivity contribution in [3.05, 3.63) is 23.5 Å². The molecule has 1 rings (SSSR count). The summed E-state index contributed by atoms with van der Waals surface area (Å²) in [6.07, 6.45) is 2.03. The van der Waals surface area contributed by atoms with Crippen molar-refractivity contribution < 1.29 is 9.53 Å². The minimum absolute atomic E-state index is 0.115. The average Bonchev–Trinajstić information content (AvgIpc) is 2.08. The van der Waals surface area contributed by atoms with Gasteiger partial charge < -0.3 is 4.74 Å². The maximum atomic E-state index is 10.9. The highest BCUT2D eigenvalue weighted by molar-refractivity contribution is 5.78. The molecule has 0 saturated carbocycles. The van der Waals surface area contributed by atoms with Gasteiger partial charge in [0.1, 0.15) is 11.5 Å². The van der Waals surface area contributed by atoms with Gasteiger partial charge >= 0.3 is 0 Å². The minimum atomic E-state index is 0.115. The zero-order valence-electron chi connectivity index (χ0n) is 8.13. The third-order valence-corrected chi connectivity index (χ3v) is 1.90. The summed E-state index contributed by atoms with van der Waals surface area (Å²) in [5.74, 6) is 0.898. The van der Waals surface area contributed by atoms with Crippen LogP contribution in [-0.4, -0.2) is 17.9 Å². The summed E-state index contributed by atoms with van der Waals surface area (Å²) in [6.45, 7) is 3.46. The zero-order valence-corrected chi connectivity index (χ0v) is 8.13. The normalized spacial score (nSPS) is 9.77. The Morgan fingerprint density at radius 2 is 2.31 bits per heavy atom. The molecule has 1 aromatic heterocycles. The number of aromatic nitrogens is 1. The lowest BCUT2D eigenvalue weighted by molar-refractivity contribution is -0.116. The minimum Gasteiger partial charge on any atom is -0.496 e. The van der Waals surface area contributed by atoms with Crippen molar-refractivity contribution in [2.24, 2.45) is 0 Å². The lowest BCUT2D eigenvalue weighted by Gasteiger charge is -2.07. The fourth-order valence-electron chi connectivity index (χ4n) is 1.19. The Morgan fingerprint density at radius 1 is 1.62 bits per heavy atom. The zero-order chi connectivity index (χ0) is 9.84. The van der Waals surface area contributed by atoms with Crippen molar-refractivity contribution in [1.82, 2.24) is 4.98 Å². The topological polar surface area (TPSA) is 39.2 Å². The number of ether oxygens (including phenoxy) is 1. The van der Waals surface area contributed by atoms with Gasteiger partial charge in [-0.05, 0) is 19.9 Å². The third-order valence-electron chi connectivity index (χ3n) is 1.90. The molecule has 0 aliphatic heterocycles. The Balaban J connectivity index is 3.01. The summed E-state index contributed by atoms with van der Waals surface area (Å²) in [7, 11) is 1.61. The average molecular weight is 179 g/mol. The van der Waals surface area contributed by atoms with Crippen molar-refractivity contribution >= 4 is 5.78 Å². The molecule has 13 heavy (non-hydrogen) atoms. The van der Waals surface area contributed by atoms with Crippen molar-refractivity contribution in [2.45, 2.75) is 20.3 Å². The van der Waals surface area contributed by atoms with Gasteiger partial charge in [-0.25, -0.2) is 0 Å². The first-order valence-corrected chi connectivity index (χ1v) is 4.13. The van der Waals surface area contributed by atoms with Gasteiger partial charge in [0.15, 0.2) is 0 Å². The van der Waals surface area contributed by atoms with Gasteiger partial charge in [0, 0.05) is 18.2 Å². The number of carbonyl (C=O) groups excluding carboxylic acids is 1. The molecule has 0 aliphatic rings. The van der Waals surface area contributed by atoms with Crippen LogP contribution in [0, 0.1) is 6.92 Å². The van der Waals surface area contributed by atoms with Crippen LogP contribution in [-0.2, 0) is 11.2 Å². The van der Waals surface area contributed by atoms with Crippen LogP contribution in [0.4, 0.5) is 0 Å². The summed E-state index contributed by atoms with van der Waals surface area (Å²) >= 11 is 0. The molecule has 0 atom stereocenters. The van der Waals surface area contributed by atoms with Crippen LogP contribution in [0.25, 0.3) is 0 Å². The van der Waals surface area contributed by atoms with Crippen LogP contribution in [0.1, 0.15) is 18.2 Å². The van der Waals surface area contributed by atoms with E-state index in [1.54, 1.807) is 26.3 Å². The van der Waals surface area contributed by atoms with Crippen molar-refractivity contribution in [1.29, 1.82) is 0 Å². The Kier molecular flexibility index (Phi) is 3.01. The summed E-state index contributed by atoms with van der Waals surface area (Å²) in [5.41, 5.74) is 1.74. The second-order valence-electron chi connectivity index (χ2n) is 2.96. The van der Waals surface area contributed by atoms with E-state index in [0.717, 1.165) is 17.0 Å². The van der Waals surface area contributed by atoms with E-state index in [1.807, 2.05) is 6.92 Å². The number of hydrogen-bond donors (Lipinski definition) is 0. The molecule has 0 N–H and O–H groups in total. The van der Waals surface area contributed by atoms with E-state index in [1.165, 1.54) is 0 Å². The number of pyridine rings is 1. The Hall–Kier alpha value is -1.38. The van der Waals surface area contributed by atoms with E-state index in [4.69, 9.17) is 4.74 Å². The standard InChI is InChI=1S/C10H13NO2/c1-7(12)6-9-8(2)10(13-3)4-5-11-9/h4-5H,6H2,1-3H3. The number of nitrogens with zero attached hydrogens (tertiary/aromatic N) is 1. The molecule has 0 saturated heterocycles. The largest absolute Gasteiger partial charge is 0.496 e. The highest BCUT2D eigenvalue weighted by atomic mass is 16.5. The summed E-state index contributed by atoms with van der Waals surface area (Å²) in [6, 6.07) is 1.79. The van der Waals surface area contributed by atoms with Crippen molar-refractivity contribution in [2.75, 3.05) is 7.11 Å². The van der Waals surface area contributed by atoms with Crippen molar-refractivity contribution in [3.8, 4) is 5.75 Å². The molecule has 0 amide bonds. The molecular formula is C10H13NO2. The van der Waals surface area contributed by atoms with Crippen molar-refractivity contribution in [3.63, 3.8) is 0 Å². The fourth-order valence-corrected chi connectivity index (χ4v) is 1.19. The Labute approximate surface area is 77.8 Å². The van der Waals surface area contributed by atoms with Crippen LogP contribution < -0.4 is 4.74 Å². The highest BCUT2D eigenvalue weighted by Gasteiger charge is 2.06. The second-order valence-corrected chi connectivity index (χ2v) is 2.96. The number of hydrogen-bond acceptors (Lipinski definition) is 3. The SMILES string of the molecule is COc1ccnc(CC(C)=O)c1C. The quantitative estimate of drug-likeness (QED) is 0.706. The van der Waals surface area contributed by atoms with E-state index >= 15 is 0 Å². The maximum Gasteiger partial charge on any atom is 0.135 e. The first-order valence-electron chi connectivity index (χ1n) is 4.13. The molecule has 0 bridgehead atoms. The number of rotatable bonds is 3. The molecule has 1 aromatic rings. The predicted molar refractivity (Wildman–Crippen MR) is 49.9 cm³/mol. The number of carbonyl (C=O) groups is 1. The molecule has 0 unspecified atom stereocenters. The van der Waals surface area contributed by atoms with E-state index in [0.29, 0.717) is 6.42 Å². The summed E-state index contributed by atoms with van der Waals surface area (Å²) in [5, 5.41) is 0. The first-order chi connectivity index (χ1) is 6.15. The smallest absolute Gasteiger partial charge is 0.135 e. The molecular weight excluding hydrogens is 166 g/mol. The monoisotopic (exact) mass is 179 g/mol. The van der Waals surface area contributed by atoms with Gasteiger partial charge in [0.2, 0.25) is 0 Å². The van der Waals surface area contributed by atoms with Crippen LogP contribution in [0.15, 0.2) is 12.3 Å². The fraction of sp³-hybridized carbons (Fsp3) is 0.400. The van der Waals surface area contributed by atoms with E-state index in [-0.39, 0.29) is 5.78 Å². The highest BCUT2D eigenvalue weighted by Crippen LogP contribution is 2.18. The molecule has 70 valence electrons. The molecule has 1 heterocycles.